The maximum Gasteiger partial charge on any atom is 0.229 e. The number of carbonyl (C=O) groups is 1. The molecule has 2 aromatic carbocycles. The third-order valence-electron chi connectivity index (χ3n) is 3.88. The Balaban J connectivity index is 2.29. The van der Waals surface area contributed by atoms with Gasteiger partial charge >= 0.3 is 0 Å². The van der Waals surface area contributed by atoms with Crippen LogP contribution < -0.4 is 29.0 Å². The molecule has 0 bridgehead atoms. The van der Waals surface area contributed by atoms with Crippen LogP contribution in [-0.4, -0.2) is 41.5 Å². The smallest absolute Gasteiger partial charge is 0.229 e. The van der Waals surface area contributed by atoms with Gasteiger partial charge in [-0.25, -0.2) is 0 Å². The minimum absolute atomic E-state index is 0.0532. The lowest BCUT2D eigenvalue weighted by Gasteiger charge is -2.16. The van der Waals surface area contributed by atoms with Crippen molar-refractivity contribution in [1.29, 1.82) is 0 Å². The van der Waals surface area contributed by atoms with Crippen molar-refractivity contribution in [3.8, 4) is 28.7 Å². The molecule has 7 nitrogen and oxygen atoms in total. The number of methoxy groups -OCH3 is 5. The summed E-state index contributed by atoms with van der Waals surface area (Å²) in [5.41, 5.74) is 1.09. The van der Waals surface area contributed by atoms with Gasteiger partial charge in [0.05, 0.1) is 52.7 Å². The van der Waals surface area contributed by atoms with Gasteiger partial charge in [0.1, 0.15) is 11.5 Å². The van der Waals surface area contributed by atoms with E-state index in [1.54, 1.807) is 24.3 Å². The van der Waals surface area contributed by atoms with E-state index in [0.29, 0.717) is 45.0 Å². The van der Waals surface area contributed by atoms with E-state index in [1.807, 2.05) is 0 Å². The maximum atomic E-state index is 12.6. The average molecular weight is 396 g/mol. The van der Waals surface area contributed by atoms with Crippen molar-refractivity contribution in [2.75, 3.05) is 40.9 Å². The molecule has 0 aliphatic rings. The van der Waals surface area contributed by atoms with Crippen molar-refractivity contribution in [3.05, 3.63) is 34.9 Å². The second-order valence-corrected chi connectivity index (χ2v) is 5.81. The van der Waals surface area contributed by atoms with E-state index >= 15 is 0 Å². The van der Waals surface area contributed by atoms with Gasteiger partial charge in [0.15, 0.2) is 11.5 Å². The molecule has 146 valence electrons. The third kappa shape index (κ3) is 4.49. The molecule has 0 aliphatic heterocycles. The second kappa shape index (κ2) is 9.23. The van der Waals surface area contributed by atoms with Gasteiger partial charge in [-0.3, -0.25) is 4.79 Å². The Labute approximate surface area is 163 Å². The fourth-order valence-electron chi connectivity index (χ4n) is 2.63. The van der Waals surface area contributed by atoms with Crippen LogP contribution in [0.25, 0.3) is 0 Å². The van der Waals surface area contributed by atoms with E-state index in [-0.39, 0.29) is 12.3 Å². The molecular weight excluding hydrogens is 374 g/mol. The Morgan fingerprint density at radius 1 is 0.852 bits per heavy atom. The molecule has 0 radical (unpaired) electrons. The molecule has 0 fully saturated rings. The first kappa shape index (κ1) is 20.5. The van der Waals surface area contributed by atoms with E-state index in [9.17, 15) is 4.79 Å². The summed E-state index contributed by atoms with van der Waals surface area (Å²) in [6.07, 6.45) is 0.0532. The highest BCUT2D eigenvalue weighted by molar-refractivity contribution is 6.32. The van der Waals surface area contributed by atoms with Crippen molar-refractivity contribution in [2.45, 2.75) is 6.42 Å². The first-order valence-electron chi connectivity index (χ1n) is 7.98. The summed E-state index contributed by atoms with van der Waals surface area (Å²) in [7, 11) is 7.53. The Kier molecular flexibility index (Phi) is 7.01. The molecule has 2 rings (SSSR count). The second-order valence-electron chi connectivity index (χ2n) is 5.41. The third-order valence-corrected chi connectivity index (χ3v) is 4.18. The molecule has 0 heterocycles. The minimum atomic E-state index is -0.275. The topological polar surface area (TPSA) is 75.3 Å². The van der Waals surface area contributed by atoms with Crippen molar-refractivity contribution in [2.24, 2.45) is 0 Å². The first-order chi connectivity index (χ1) is 13.0. The fourth-order valence-corrected chi connectivity index (χ4v) is 2.86. The Hall–Kier alpha value is -2.80. The van der Waals surface area contributed by atoms with E-state index in [4.69, 9.17) is 35.3 Å². The van der Waals surface area contributed by atoms with Crippen LogP contribution in [0, 0.1) is 0 Å². The molecule has 0 atom stereocenters. The van der Waals surface area contributed by atoms with E-state index in [1.165, 1.54) is 35.5 Å². The summed E-state index contributed by atoms with van der Waals surface area (Å²) >= 11 is 6.09. The number of benzene rings is 2. The van der Waals surface area contributed by atoms with E-state index < -0.39 is 0 Å². The van der Waals surface area contributed by atoms with Crippen molar-refractivity contribution in [1.82, 2.24) is 0 Å². The summed E-state index contributed by atoms with van der Waals surface area (Å²) in [6, 6.07) is 6.65. The largest absolute Gasteiger partial charge is 0.495 e. The number of anilines is 1. The van der Waals surface area contributed by atoms with Gasteiger partial charge in [-0.15, -0.1) is 0 Å². The van der Waals surface area contributed by atoms with Crippen LogP contribution in [0.1, 0.15) is 5.56 Å². The normalized spacial score (nSPS) is 10.1. The lowest BCUT2D eigenvalue weighted by molar-refractivity contribution is -0.115. The number of carbonyl (C=O) groups excluding carboxylic acids is 1. The van der Waals surface area contributed by atoms with Crippen LogP contribution in [0.5, 0.6) is 28.7 Å². The Morgan fingerprint density at radius 2 is 1.48 bits per heavy atom. The summed E-state index contributed by atoms with van der Waals surface area (Å²) in [5.74, 6) is 1.96. The van der Waals surface area contributed by atoms with E-state index in [2.05, 4.69) is 5.32 Å². The molecule has 0 saturated carbocycles. The van der Waals surface area contributed by atoms with Gasteiger partial charge in [0, 0.05) is 17.7 Å². The highest BCUT2D eigenvalue weighted by atomic mass is 35.5. The van der Waals surface area contributed by atoms with Gasteiger partial charge in [0.25, 0.3) is 0 Å². The zero-order valence-electron chi connectivity index (χ0n) is 15.8. The SMILES string of the molecule is COc1cc(NC(=O)Cc2ccc(OC)c(OC)c2OC)c(OC)cc1Cl. The maximum absolute atomic E-state index is 12.6. The van der Waals surface area contributed by atoms with Gasteiger partial charge in [-0.05, 0) is 6.07 Å². The van der Waals surface area contributed by atoms with Crippen LogP contribution in [-0.2, 0) is 11.2 Å². The lowest BCUT2D eigenvalue weighted by atomic mass is 10.1. The van der Waals surface area contributed by atoms with Crippen LogP contribution in [0.15, 0.2) is 24.3 Å². The number of ether oxygens (including phenoxy) is 5. The van der Waals surface area contributed by atoms with Gasteiger partial charge in [-0.1, -0.05) is 17.7 Å². The zero-order valence-corrected chi connectivity index (χ0v) is 16.6. The number of halogens is 1. The lowest BCUT2D eigenvalue weighted by Crippen LogP contribution is -2.16. The number of hydrogen-bond acceptors (Lipinski definition) is 6. The molecular formula is C19H22ClNO6. The molecule has 0 unspecified atom stereocenters. The molecule has 1 N–H and O–H groups in total. The molecule has 27 heavy (non-hydrogen) atoms. The van der Waals surface area contributed by atoms with Crippen LogP contribution in [0.4, 0.5) is 5.69 Å². The van der Waals surface area contributed by atoms with Crippen molar-refractivity contribution >= 4 is 23.2 Å². The molecule has 0 spiro atoms. The fraction of sp³-hybridized carbons (Fsp3) is 0.316. The summed E-state index contributed by atoms with van der Waals surface area (Å²) < 4.78 is 26.5. The number of rotatable bonds is 8. The quantitative estimate of drug-likeness (QED) is 0.736. The predicted molar refractivity (Wildman–Crippen MR) is 103 cm³/mol. The van der Waals surface area contributed by atoms with Crippen LogP contribution in [0.3, 0.4) is 0 Å². The minimum Gasteiger partial charge on any atom is -0.495 e. The van der Waals surface area contributed by atoms with Crippen molar-refractivity contribution < 1.29 is 28.5 Å². The Bertz CT molecular complexity index is 824. The molecule has 8 heteroatoms. The van der Waals surface area contributed by atoms with Gasteiger partial charge < -0.3 is 29.0 Å². The summed E-state index contributed by atoms with van der Waals surface area (Å²) in [6.45, 7) is 0. The van der Waals surface area contributed by atoms with Crippen LogP contribution >= 0.6 is 11.6 Å². The highest BCUT2D eigenvalue weighted by Gasteiger charge is 2.19. The molecule has 2 aromatic rings. The summed E-state index contributed by atoms with van der Waals surface area (Å²) in [5, 5.41) is 3.18. The number of amides is 1. The Morgan fingerprint density at radius 3 is 2.04 bits per heavy atom. The predicted octanol–water partition coefficient (Wildman–Crippen LogP) is 3.56. The monoisotopic (exact) mass is 395 g/mol. The van der Waals surface area contributed by atoms with Crippen molar-refractivity contribution in [3.63, 3.8) is 0 Å². The standard InChI is InChI=1S/C19H22ClNO6/c1-23-14-7-6-11(18(26-4)19(14)27-5)8-17(22)21-13-10-15(24-2)12(20)9-16(13)25-3/h6-7,9-10H,8H2,1-5H3,(H,21,22). The average Bonchev–Trinajstić information content (AvgIpc) is 2.68. The first-order valence-corrected chi connectivity index (χ1v) is 8.36. The molecule has 0 aliphatic carbocycles. The van der Waals surface area contributed by atoms with E-state index in [0.717, 1.165) is 0 Å². The molecule has 0 aromatic heterocycles. The highest BCUT2D eigenvalue weighted by Crippen LogP contribution is 2.40. The number of nitrogens with one attached hydrogen (secondary N) is 1. The van der Waals surface area contributed by atoms with Crippen LogP contribution in [0.2, 0.25) is 5.02 Å². The summed E-state index contributed by atoms with van der Waals surface area (Å²) in [4.78, 5) is 12.6. The zero-order chi connectivity index (χ0) is 20.0. The molecule has 1 amide bonds. The van der Waals surface area contributed by atoms with Gasteiger partial charge in [-0.2, -0.15) is 0 Å². The number of hydrogen-bond donors (Lipinski definition) is 1. The van der Waals surface area contributed by atoms with Gasteiger partial charge in [0.2, 0.25) is 11.7 Å². The molecule has 0 saturated heterocycles.